The van der Waals surface area contributed by atoms with Gasteiger partial charge < -0.3 is 15.2 Å². The second-order valence-electron chi connectivity index (χ2n) is 5.71. The predicted molar refractivity (Wildman–Crippen MR) is 85.0 cm³/mol. The van der Waals surface area contributed by atoms with Crippen LogP contribution in [0.4, 0.5) is 0 Å². The van der Waals surface area contributed by atoms with E-state index in [9.17, 15) is 5.26 Å². The number of fused-ring (bicyclic) bond motifs is 1. The summed E-state index contributed by atoms with van der Waals surface area (Å²) in [7, 11) is 1.61. The number of methoxy groups -OCH3 is 1. The first-order chi connectivity index (χ1) is 11.1. The average molecular weight is 310 g/mol. The topological polar surface area (TPSA) is 96.9 Å². The number of benzene rings is 1. The van der Waals surface area contributed by atoms with Crippen molar-refractivity contribution in [3.8, 4) is 17.7 Å². The minimum Gasteiger partial charge on any atom is -0.497 e. The number of hydrogen-bond acceptors (Lipinski definition) is 5. The number of aromatic amines is 1. The molecule has 3 rings (SSSR count). The van der Waals surface area contributed by atoms with E-state index in [-0.39, 0.29) is 17.7 Å². The molecule has 2 aromatic rings. The number of aromatic nitrogens is 2. The summed E-state index contributed by atoms with van der Waals surface area (Å²) in [6, 6.07) is 9.79. The van der Waals surface area contributed by atoms with E-state index in [4.69, 9.17) is 15.2 Å². The van der Waals surface area contributed by atoms with Crippen molar-refractivity contribution in [3.63, 3.8) is 0 Å². The maximum atomic E-state index is 9.58. The normalized spacial score (nSPS) is 16.7. The van der Waals surface area contributed by atoms with Gasteiger partial charge in [-0.1, -0.05) is 26.0 Å². The zero-order chi connectivity index (χ0) is 16.6. The van der Waals surface area contributed by atoms with Crippen molar-refractivity contribution >= 4 is 0 Å². The fourth-order valence-electron chi connectivity index (χ4n) is 2.86. The SMILES string of the molecule is COc1cccc([C@H]2C(C#N)=C(N)Oc3n[nH]c(C(C)C)c32)c1. The summed E-state index contributed by atoms with van der Waals surface area (Å²) in [5.41, 5.74) is 9.03. The van der Waals surface area contributed by atoms with E-state index in [1.165, 1.54) is 0 Å². The minimum absolute atomic E-state index is 0.0922. The van der Waals surface area contributed by atoms with Gasteiger partial charge >= 0.3 is 0 Å². The van der Waals surface area contributed by atoms with Gasteiger partial charge in [0.25, 0.3) is 0 Å². The third kappa shape index (κ3) is 2.40. The van der Waals surface area contributed by atoms with Crippen molar-refractivity contribution in [2.24, 2.45) is 5.73 Å². The molecule has 1 aliphatic heterocycles. The van der Waals surface area contributed by atoms with Crippen LogP contribution in [0.5, 0.6) is 11.6 Å². The van der Waals surface area contributed by atoms with Gasteiger partial charge in [0.05, 0.1) is 18.6 Å². The van der Waals surface area contributed by atoms with Crippen LogP contribution in [0.1, 0.15) is 42.5 Å². The van der Waals surface area contributed by atoms with Crippen molar-refractivity contribution in [1.82, 2.24) is 10.2 Å². The fraction of sp³-hybridized carbons (Fsp3) is 0.294. The molecule has 0 bridgehead atoms. The van der Waals surface area contributed by atoms with Crippen LogP contribution in [-0.2, 0) is 0 Å². The van der Waals surface area contributed by atoms with Gasteiger partial charge in [0, 0.05) is 5.69 Å². The van der Waals surface area contributed by atoms with E-state index in [1.807, 2.05) is 24.3 Å². The molecule has 0 unspecified atom stereocenters. The molecule has 0 spiro atoms. The third-order valence-corrected chi connectivity index (χ3v) is 3.97. The van der Waals surface area contributed by atoms with Crippen LogP contribution >= 0.6 is 0 Å². The summed E-state index contributed by atoms with van der Waals surface area (Å²) in [5.74, 6) is 1.13. The van der Waals surface area contributed by atoms with Gasteiger partial charge in [0.1, 0.15) is 17.4 Å². The molecule has 0 radical (unpaired) electrons. The standard InChI is InChI=1S/C17H18N4O2/c1-9(2)15-14-13(10-5-4-6-11(7-10)22-3)12(8-18)16(19)23-17(14)21-20-15/h4-7,9,13H,19H2,1-3H3,(H,20,21)/t13-/m0/s1. The summed E-state index contributed by atoms with van der Waals surface area (Å²) in [5, 5.41) is 16.8. The second kappa shape index (κ2) is 5.69. The molecule has 2 heterocycles. The first-order valence-electron chi connectivity index (χ1n) is 7.36. The molecule has 0 saturated heterocycles. The van der Waals surface area contributed by atoms with E-state index >= 15 is 0 Å². The molecule has 6 heteroatoms. The Hall–Kier alpha value is -2.94. The van der Waals surface area contributed by atoms with Crippen molar-refractivity contribution < 1.29 is 9.47 Å². The Kier molecular flexibility index (Phi) is 3.70. The van der Waals surface area contributed by atoms with Gasteiger partial charge in [-0.3, -0.25) is 5.10 Å². The lowest BCUT2D eigenvalue weighted by Gasteiger charge is -2.25. The Balaban J connectivity index is 2.24. The highest BCUT2D eigenvalue weighted by Gasteiger charge is 2.35. The Morgan fingerprint density at radius 1 is 1.43 bits per heavy atom. The number of nitrogens with one attached hydrogen (secondary N) is 1. The summed E-state index contributed by atoms with van der Waals surface area (Å²) in [6.07, 6.45) is 0. The van der Waals surface area contributed by atoms with Crippen molar-refractivity contribution in [2.45, 2.75) is 25.7 Å². The van der Waals surface area contributed by atoms with Gasteiger partial charge in [-0.25, -0.2) is 0 Å². The number of rotatable bonds is 3. The number of nitrogens with two attached hydrogens (primary N) is 1. The van der Waals surface area contributed by atoms with E-state index in [0.717, 1.165) is 22.6 Å². The van der Waals surface area contributed by atoms with Gasteiger partial charge in [-0.2, -0.15) is 5.26 Å². The molecule has 6 nitrogen and oxygen atoms in total. The molecule has 0 saturated carbocycles. The summed E-state index contributed by atoms with van der Waals surface area (Å²) in [6.45, 7) is 4.12. The minimum atomic E-state index is -0.324. The highest BCUT2D eigenvalue weighted by Crippen LogP contribution is 2.44. The summed E-state index contributed by atoms with van der Waals surface area (Å²) >= 11 is 0. The number of nitriles is 1. The fourth-order valence-corrected chi connectivity index (χ4v) is 2.86. The largest absolute Gasteiger partial charge is 0.497 e. The monoisotopic (exact) mass is 310 g/mol. The third-order valence-electron chi connectivity index (χ3n) is 3.97. The molecule has 3 N–H and O–H groups in total. The quantitative estimate of drug-likeness (QED) is 0.908. The second-order valence-corrected chi connectivity index (χ2v) is 5.71. The smallest absolute Gasteiger partial charge is 0.244 e. The molecule has 0 amide bonds. The van der Waals surface area contributed by atoms with Crippen LogP contribution in [0, 0.1) is 11.3 Å². The molecule has 118 valence electrons. The van der Waals surface area contributed by atoms with Crippen LogP contribution in [-0.4, -0.2) is 17.3 Å². The Bertz CT molecular complexity index is 814. The molecular formula is C17H18N4O2. The van der Waals surface area contributed by atoms with E-state index < -0.39 is 0 Å². The Morgan fingerprint density at radius 2 is 2.22 bits per heavy atom. The lowest BCUT2D eigenvalue weighted by molar-refractivity contribution is 0.378. The number of H-pyrrole nitrogens is 1. The zero-order valence-electron chi connectivity index (χ0n) is 13.3. The van der Waals surface area contributed by atoms with E-state index in [1.54, 1.807) is 7.11 Å². The van der Waals surface area contributed by atoms with Crippen LogP contribution in [0.3, 0.4) is 0 Å². The molecule has 1 atom stereocenters. The molecule has 1 aromatic heterocycles. The van der Waals surface area contributed by atoms with Gasteiger partial charge in [-0.15, -0.1) is 5.10 Å². The molecule has 23 heavy (non-hydrogen) atoms. The highest BCUT2D eigenvalue weighted by molar-refractivity contribution is 5.56. The number of ether oxygens (including phenoxy) is 2. The van der Waals surface area contributed by atoms with E-state index in [0.29, 0.717) is 11.5 Å². The maximum Gasteiger partial charge on any atom is 0.244 e. The van der Waals surface area contributed by atoms with Gasteiger partial charge in [-0.05, 0) is 23.6 Å². The Labute approximate surface area is 134 Å². The lowest BCUT2D eigenvalue weighted by Crippen LogP contribution is -2.21. The van der Waals surface area contributed by atoms with Crippen molar-refractivity contribution in [3.05, 3.63) is 52.5 Å². The average Bonchev–Trinajstić information content (AvgIpc) is 2.97. The van der Waals surface area contributed by atoms with Crippen LogP contribution in [0.15, 0.2) is 35.7 Å². The molecule has 1 aliphatic rings. The number of allylic oxidation sites excluding steroid dienone is 1. The van der Waals surface area contributed by atoms with Gasteiger partial charge in [0.15, 0.2) is 0 Å². The first kappa shape index (κ1) is 15.0. The van der Waals surface area contributed by atoms with Gasteiger partial charge in [0.2, 0.25) is 11.8 Å². The number of hydrogen-bond donors (Lipinski definition) is 2. The number of nitrogens with zero attached hydrogens (tertiary/aromatic N) is 2. The molecule has 1 aromatic carbocycles. The Morgan fingerprint density at radius 3 is 2.87 bits per heavy atom. The predicted octanol–water partition coefficient (Wildman–Crippen LogP) is 2.76. The van der Waals surface area contributed by atoms with Crippen LogP contribution in [0.25, 0.3) is 0 Å². The van der Waals surface area contributed by atoms with Crippen molar-refractivity contribution in [2.75, 3.05) is 7.11 Å². The maximum absolute atomic E-state index is 9.58. The van der Waals surface area contributed by atoms with Crippen LogP contribution < -0.4 is 15.2 Å². The molecule has 0 aliphatic carbocycles. The van der Waals surface area contributed by atoms with Crippen molar-refractivity contribution in [1.29, 1.82) is 5.26 Å². The zero-order valence-corrected chi connectivity index (χ0v) is 13.3. The molecular weight excluding hydrogens is 292 g/mol. The van der Waals surface area contributed by atoms with Crippen LogP contribution in [0.2, 0.25) is 0 Å². The first-order valence-corrected chi connectivity index (χ1v) is 7.36. The summed E-state index contributed by atoms with van der Waals surface area (Å²) < 4.78 is 10.8. The summed E-state index contributed by atoms with van der Waals surface area (Å²) in [4.78, 5) is 0. The highest BCUT2D eigenvalue weighted by atomic mass is 16.5. The lowest BCUT2D eigenvalue weighted by atomic mass is 9.82. The van der Waals surface area contributed by atoms with E-state index in [2.05, 4.69) is 30.1 Å². The molecule has 0 fully saturated rings.